The highest BCUT2D eigenvalue weighted by atomic mass is 16.3. The van der Waals surface area contributed by atoms with E-state index in [4.69, 9.17) is 5.11 Å². The number of anilines is 1. The second kappa shape index (κ2) is 6.29. The van der Waals surface area contributed by atoms with Crippen molar-refractivity contribution in [2.45, 2.75) is 20.3 Å². The fourth-order valence-corrected chi connectivity index (χ4v) is 1.97. The van der Waals surface area contributed by atoms with Crippen LogP contribution in [0.4, 0.5) is 5.82 Å². The van der Waals surface area contributed by atoms with E-state index in [2.05, 4.69) is 47.6 Å². The summed E-state index contributed by atoms with van der Waals surface area (Å²) >= 11 is 0. The first-order valence-corrected chi connectivity index (χ1v) is 6.47. The molecule has 0 spiro atoms. The molecule has 1 aromatic heterocycles. The molecule has 0 aliphatic rings. The zero-order valence-electron chi connectivity index (χ0n) is 11.3. The van der Waals surface area contributed by atoms with E-state index >= 15 is 0 Å². The molecule has 100 valence electrons. The average molecular weight is 257 g/mol. The van der Waals surface area contributed by atoms with Gasteiger partial charge in [-0.05, 0) is 38.0 Å². The van der Waals surface area contributed by atoms with E-state index in [1.54, 1.807) is 0 Å². The molecule has 19 heavy (non-hydrogen) atoms. The summed E-state index contributed by atoms with van der Waals surface area (Å²) in [7, 11) is 0. The van der Waals surface area contributed by atoms with Gasteiger partial charge in [-0.15, -0.1) is 10.2 Å². The topological polar surface area (TPSA) is 58.0 Å². The van der Waals surface area contributed by atoms with E-state index in [0.717, 1.165) is 17.1 Å². The molecule has 0 aliphatic carbocycles. The van der Waals surface area contributed by atoms with Crippen molar-refractivity contribution in [1.82, 2.24) is 10.2 Å². The van der Waals surface area contributed by atoms with Crippen molar-refractivity contribution in [3.05, 3.63) is 41.5 Å². The number of hydrogen-bond donors (Lipinski definition) is 2. The van der Waals surface area contributed by atoms with E-state index in [-0.39, 0.29) is 6.61 Å². The summed E-state index contributed by atoms with van der Waals surface area (Å²) in [5.41, 5.74) is 4.44. The Hall–Kier alpha value is -1.94. The van der Waals surface area contributed by atoms with Crippen LogP contribution in [0, 0.1) is 13.8 Å². The van der Waals surface area contributed by atoms with E-state index in [0.29, 0.717) is 13.0 Å². The summed E-state index contributed by atoms with van der Waals surface area (Å²) in [5.74, 6) is 0.738. The standard InChI is InChI=1S/C15H19N3O/c1-11-4-5-13(12(2)10-11)14-6-7-15(18-17-14)16-8-3-9-19/h4-7,10,19H,3,8-9H2,1-2H3,(H,16,18). The van der Waals surface area contributed by atoms with Gasteiger partial charge >= 0.3 is 0 Å². The number of aryl methyl sites for hydroxylation is 2. The van der Waals surface area contributed by atoms with Crippen molar-refractivity contribution in [3.8, 4) is 11.3 Å². The van der Waals surface area contributed by atoms with E-state index in [9.17, 15) is 0 Å². The van der Waals surface area contributed by atoms with Crippen molar-refractivity contribution >= 4 is 5.82 Å². The molecule has 1 aromatic carbocycles. The minimum absolute atomic E-state index is 0.182. The molecule has 4 nitrogen and oxygen atoms in total. The Morgan fingerprint density at radius 1 is 1.11 bits per heavy atom. The predicted octanol–water partition coefficient (Wildman–Crippen LogP) is 2.55. The van der Waals surface area contributed by atoms with E-state index < -0.39 is 0 Å². The Kier molecular flexibility index (Phi) is 4.47. The number of benzene rings is 1. The average Bonchev–Trinajstić information content (AvgIpc) is 2.40. The highest BCUT2D eigenvalue weighted by Gasteiger charge is 2.04. The molecule has 0 unspecified atom stereocenters. The molecule has 0 atom stereocenters. The maximum absolute atomic E-state index is 8.71. The Bertz CT molecular complexity index is 538. The Labute approximate surface area is 113 Å². The summed E-state index contributed by atoms with van der Waals surface area (Å²) in [4.78, 5) is 0. The third kappa shape index (κ3) is 3.51. The first-order valence-electron chi connectivity index (χ1n) is 6.47. The number of nitrogens with zero attached hydrogens (tertiary/aromatic N) is 2. The summed E-state index contributed by atoms with van der Waals surface area (Å²) in [5, 5.41) is 20.2. The number of nitrogens with one attached hydrogen (secondary N) is 1. The van der Waals surface area contributed by atoms with Crippen LogP contribution in [-0.2, 0) is 0 Å². The number of hydrogen-bond acceptors (Lipinski definition) is 4. The molecular formula is C15H19N3O. The van der Waals surface area contributed by atoms with Gasteiger partial charge in [0.1, 0.15) is 5.82 Å². The van der Waals surface area contributed by atoms with Crippen LogP contribution in [0.2, 0.25) is 0 Å². The van der Waals surface area contributed by atoms with Gasteiger partial charge in [0.2, 0.25) is 0 Å². The van der Waals surface area contributed by atoms with Crippen LogP contribution >= 0.6 is 0 Å². The van der Waals surface area contributed by atoms with Crippen molar-refractivity contribution in [2.24, 2.45) is 0 Å². The molecule has 1 heterocycles. The third-order valence-corrected chi connectivity index (χ3v) is 2.96. The molecule has 0 aliphatic heterocycles. The lowest BCUT2D eigenvalue weighted by Gasteiger charge is -2.07. The number of aliphatic hydroxyl groups is 1. The van der Waals surface area contributed by atoms with Gasteiger partial charge in [0.25, 0.3) is 0 Å². The van der Waals surface area contributed by atoms with Crippen molar-refractivity contribution in [1.29, 1.82) is 0 Å². The quantitative estimate of drug-likeness (QED) is 0.808. The van der Waals surface area contributed by atoms with Gasteiger partial charge in [0.15, 0.2) is 0 Å². The number of rotatable bonds is 5. The fourth-order valence-electron chi connectivity index (χ4n) is 1.97. The first kappa shape index (κ1) is 13.5. The normalized spacial score (nSPS) is 10.5. The summed E-state index contributed by atoms with van der Waals surface area (Å²) < 4.78 is 0. The molecule has 2 rings (SSSR count). The third-order valence-electron chi connectivity index (χ3n) is 2.96. The van der Waals surface area contributed by atoms with E-state index in [1.807, 2.05) is 12.1 Å². The second-order valence-electron chi connectivity index (χ2n) is 4.63. The van der Waals surface area contributed by atoms with Crippen LogP contribution in [0.3, 0.4) is 0 Å². The molecule has 0 amide bonds. The zero-order chi connectivity index (χ0) is 13.7. The summed E-state index contributed by atoms with van der Waals surface area (Å²) in [6, 6.07) is 10.2. The molecule has 0 bridgehead atoms. The molecule has 2 N–H and O–H groups in total. The van der Waals surface area contributed by atoms with Gasteiger partial charge < -0.3 is 10.4 Å². The molecule has 4 heteroatoms. The van der Waals surface area contributed by atoms with E-state index in [1.165, 1.54) is 11.1 Å². The smallest absolute Gasteiger partial charge is 0.148 e. The number of aromatic nitrogens is 2. The lowest BCUT2D eigenvalue weighted by molar-refractivity contribution is 0.292. The molecule has 0 saturated heterocycles. The fraction of sp³-hybridized carbons (Fsp3) is 0.333. The van der Waals surface area contributed by atoms with Gasteiger partial charge in [-0.1, -0.05) is 23.8 Å². The van der Waals surface area contributed by atoms with Crippen LogP contribution < -0.4 is 5.32 Å². The highest BCUT2D eigenvalue weighted by molar-refractivity contribution is 5.64. The van der Waals surface area contributed by atoms with Gasteiger partial charge in [0.05, 0.1) is 5.69 Å². The van der Waals surface area contributed by atoms with Gasteiger partial charge in [-0.2, -0.15) is 0 Å². The van der Waals surface area contributed by atoms with Gasteiger partial charge in [-0.3, -0.25) is 0 Å². The minimum atomic E-state index is 0.182. The van der Waals surface area contributed by atoms with Crippen LogP contribution in [0.15, 0.2) is 30.3 Å². The predicted molar refractivity (Wildman–Crippen MR) is 77.1 cm³/mol. The minimum Gasteiger partial charge on any atom is -0.396 e. The molecule has 2 aromatic rings. The SMILES string of the molecule is Cc1ccc(-c2ccc(NCCCO)nn2)c(C)c1. The van der Waals surface area contributed by atoms with Crippen LogP contribution in [0.5, 0.6) is 0 Å². The largest absolute Gasteiger partial charge is 0.396 e. The number of aliphatic hydroxyl groups excluding tert-OH is 1. The molecule has 0 saturated carbocycles. The zero-order valence-corrected chi connectivity index (χ0v) is 11.3. The summed E-state index contributed by atoms with van der Waals surface area (Å²) in [6.45, 7) is 5.04. The molecular weight excluding hydrogens is 238 g/mol. The van der Waals surface area contributed by atoms with Crippen LogP contribution in [0.25, 0.3) is 11.3 Å². The van der Waals surface area contributed by atoms with Crippen LogP contribution in [-0.4, -0.2) is 28.5 Å². The molecule has 0 fully saturated rings. The lowest BCUT2D eigenvalue weighted by atomic mass is 10.0. The Morgan fingerprint density at radius 2 is 1.95 bits per heavy atom. The second-order valence-corrected chi connectivity index (χ2v) is 4.63. The molecule has 0 radical (unpaired) electrons. The maximum atomic E-state index is 8.71. The van der Waals surface area contributed by atoms with Gasteiger partial charge in [-0.25, -0.2) is 0 Å². The lowest BCUT2D eigenvalue weighted by Crippen LogP contribution is -2.05. The van der Waals surface area contributed by atoms with Crippen molar-refractivity contribution < 1.29 is 5.11 Å². The Morgan fingerprint density at radius 3 is 2.58 bits per heavy atom. The summed E-state index contributed by atoms with van der Waals surface area (Å²) in [6.07, 6.45) is 0.709. The highest BCUT2D eigenvalue weighted by Crippen LogP contribution is 2.22. The maximum Gasteiger partial charge on any atom is 0.148 e. The van der Waals surface area contributed by atoms with Crippen LogP contribution in [0.1, 0.15) is 17.5 Å². The first-order chi connectivity index (χ1) is 9.20. The van der Waals surface area contributed by atoms with Crippen molar-refractivity contribution in [3.63, 3.8) is 0 Å². The van der Waals surface area contributed by atoms with Gasteiger partial charge in [0, 0.05) is 18.7 Å². The monoisotopic (exact) mass is 257 g/mol. The Balaban J connectivity index is 2.13. The van der Waals surface area contributed by atoms with Crippen molar-refractivity contribution in [2.75, 3.05) is 18.5 Å².